The van der Waals surface area contributed by atoms with Crippen molar-refractivity contribution >= 4 is 80.9 Å². The van der Waals surface area contributed by atoms with Gasteiger partial charge in [0.15, 0.2) is 0 Å². The molecule has 1 heterocycles. The Kier molecular flexibility index (Phi) is 6.53. The van der Waals surface area contributed by atoms with Gasteiger partial charge in [0.25, 0.3) is 0 Å². The van der Waals surface area contributed by atoms with Crippen LogP contribution in [-0.4, -0.2) is 0 Å². The van der Waals surface area contributed by atoms with E-state index >= 15 is 0 Å². The molecule has 0 saturated heterocycles. The Balaban J connectivity index is 1.18. The molecule has 2 heteroatoms. The number of rotatable bonds is 4. The molecule has 0 aliphatic heterocycles. The predicted molar refractivity (Wildman–Crippen MR) is 230 cm³/mol. The lowest BCUT2D eigenvalue weighted by Crippen LogP contribution is -2.14. The van der Waals surface area contributed by atoms with Crippen molar-refractivity contribution in [2.24, 2.45) is 0 Å². The highest BCUT2D eigenvalue weighted by Gasteiger charge is 2.37. The van der Waals surface area contributed by atoms with E-state index in [1.165, 1.54) is 91.6 Å². The van der Waals surface area contributed by atoms with E-state index in [9.17, 15) is 0 Å². The third-order valence-corrected chi connectivity index (χ3v) is 12.9. The number of anilines is 3. The number of hydrogen-bond donors (Lipinski definition) is 0. The van der Waals surface area contributed by atoms with Gasteiger partial charge in [0.05, 0.1) is 10.4 Å². The van der Waals surface area contributed by atoms with Gasteiger partial charge >= 0.3 is 0 Å². The zero-order valence-electron chi connectivity index (χ0n) is 29.6. The van der Waals surface area contributed by atoms with Crippen LogP contribution in [0.3, 0.4) is 0 Å². The molecular formula is C51H35NS. The van der Waals surface area contributed by atoms with Crippen molar-refractivity contribution in [2.45, 2.75) is 19.3 Å². The van der Waals surface area contributed by atoms with E-state index in [1.807, 2.05) is 11.3 Å². The van der Waals surface area contributed by atoms with E-state index in [0.29, 0.717) is 0 Å². The van der Waals surface area contributed by atoms with Crippen LogP contribution in [-0.2, 0) is 5.41 Å². The number of fused-ring (bicyclic) bond motifs is 13. The minimum atomic E-state index is -0.0380. The summed E-state index contributed by atoms with van der Waals surface area (Å²) in [4.78, 5) is 2.48. The smallest absolute Gasteiger partial charge is 0.0640 e. The third kappa shape index (κ3) is 4.43. The summed E-state index contributed by atoms with van der Waals surface area (Å²) in [5.41, 5.74) is 11.5. The molecule has 0 saturated carbocycles. The maximum atomic E-state index is 2.48. The van der Waals surface area contributed by atoms with Gasteiger partial charge in [-0.1, -0.05) is 159 Å². The Labute approximate surface area is 313 Å². The second-order valence-electron chi connectivity index (χ2n) is 14.9. The lowest BCUT2D eigenvalue weighted by molar-refractivity contribution is 0.661. The fourth-order valence-corrected chi connectivity index (χ4v) is 10.5. The quantitative estimate of drug-likeness (QED) is 0.166. The summed E-state index contributed by atoms with van der Waals surface area (Å²) in [7, 11) is 0. The van der Waals surface area contributed by atoms with Crippen molar-refractivity contribution in [1.29, 1.82) is 0 Å². The molecule has 11 rings (SSSR count). The summed E-state index contributed by atoms with van der Waals surface area (Å²) in [6.07, 6.45) is 0. The third-order valence-electron chi connectivity index (χ3n) is 11.6. The van der Waals surface area contributed by atoms with Crippen LogP contribution in [0.2, 0.25) is 0 Å². The van der Waals surface area contributed by atoms with E-state index in [4.69, 9.17) is 0 Å². The molecule has 0 amide bonds. The molecule has 10 aromatic rings. The molecule has 0 atom stereocenters. The van der Waals surface area contributed by atoms with Crippen LogP contribution in [0.15, 0.2) is 176 Å². The van der Waals surface area contributed by atoms with E-state index in [0.717, 1.165) is 11.4 Å². The SMILES string of the molecule is CC1(C)c2ccccc2-c2c1ccc1c2sc2c(N(c3ccc(-c4ccccc4)cc3)c3ccc4c5ccccc5c5ccccc5c4c3)cccc21. The van der Waals surface area contributed by atoms with E-state index in [-0.39, 0.29) is 5.41 Å². The molecule has 53 heavy (non-hydrogen) atoms. The normalized spacial score (nSPS) is 13.2. The van der Waals surface area contributed by atoms with E-state index < -0.39 is 0 Å². The molecular weight excluding hydrogens is 659 g/mol. The first-order valence-corrected chi connectivity index (χ1v) is 19.3. The van der Waals surface area contributed by atoms with Crippen LogP contribution in [0.4, 0.5) is 17.1 Å². The maximum absolute atomic E-state index is 2.48. The van der Waals surface area contributed by atoms with Crippen molar-refractivity contribution in [3.63, 3.8) is 0 Å². The van der Waals surface area contributed by atoms with Crippen LogP contribution in [0.1, 0.15) is 25.0 Å². The van der Waals surface area contributed by atoms with Crippen LogP contribution < -0.4 is 4.90 Å². The highest BCUT2D eigenvalue weighted by atomic mass is 32.1. The van der Waals surface area contributed by atoms with Gasteiger partial charge < -0.3 is 4.90 Å². The molecule has 0 radical (unpaired) electrons. The van der Waals surface area contributed by atoms with Crippen molar-refractivity contribution in [1.82, 2.24) is 0 Å². The summed E-state index contributed by atoms with van der Waals surface area (Å²) in [6, 6.07) is 65.1. The average Bonchev–Trinajstić information content (AvgIpc) is 3.71. The second-order valence-corrected chi connectivity index (χ2v) is 15.9. The van der Waals surface area contributed by atoms with Gasteiger partial charge in [0, 0.05) is 37.8 Å². The maximum Gasteiger partial charge on any atom is 0.0640 e. The molecule has 0 N–H and O–H groups in total. The van der Waals surface area contributed by atoms with Crippen LogP contribution in [0, 0.1) is 0 Å². The Morgan fingerprint density at radius 1 is 0.396 bits per heavy atom. The molecule has 0 fully saturated rings. The van der Waals surface area contributed by atoms with E-state index in [1.54, 1.807) is 0 Å². The Hall–Kier alpha value is -6.22. The zero-order chi connectivity index (χ0) is 35.3. The zero-order valence-corrected chi connectivity index (χ0v) is 30.4. The monoisotopic (exact) mass is 693 g/mol. The minimum Gasteiger partial charge on any atom is -0.309 e. The van der Waals surface area contributed by atoms with Gasteiger partial charge in [-0.2, -0.15) is 0 Å². The average molecular weight is 694 g/mol. The summed E-state index contributed by atoms with van der Waals surface area (Å²) in [6.45, 7) is 4.74. The Bertz CT molecular complexity index is 3040. The first-order valence-electron chi connectivity index (χ1n) is 18.4. The van der Waals surface area contributed by atoms with Crippen LogP contribution in [0.25, 0.3) is 74.7 Å². The number of thiophene rings is 1. The molecule has 250 valence electrons. The molecule has 0 spiro atoms. The highest BCUT2D eigenvalue weighted by Crippen LogP contribution is 2.55. The fourth-order valence-electron chi connectivity index (χ4n) is 9.10. The summed E-state index contributed by atoms with van der Waals surface area (Å²) >= 11 is 1.94. The molecule has 0 bridgehead atoms. The first kappa shape index (κ1) is 30.4. The van der Waals surface area contributed by atoms with Gasteiger partial charge in [-0.05, 0) is 90.5 Å². The van der Waals surface area contributed by atoms with Crippen molar-refractivity contribution < 1.29 is 0 Å². The van der Waals surface area contributed by atoms with Gasteiger partial charge in [0.2, 0.25) is 0 Å². The lowest BCUT2D eigenvalue weighted by atomic mass is 9.82. The van der Waals surface area contributed by atoms with Crippen molar-refractivity contribution in [2.75, 3.05) is 4.90 Å². The molecule has 1 aliphatic rings. The molecule has 9 aromatic carbocycles. The van der Waals surface area contributed by atoms with Gasteiger partial charge in [0.1, 0.15) is 0 Å². The van der Waals surface area contributed by atoms with Crippen molar-refractivity contribution in [3.8, 4) is 22.3 Å². The second kappa shape index (κ2) is 11.4. The molecule has 1 nitrogen and oxygen atoms in total. The fraction of sp³-hybridized carbons (Fsp3) is 0.0588. The Morgan fingerprint density at radius 2 is 0.943 bits per heavy atom. The molecule has 1 aliphatic carbocycles. The molecule has 0 unspecified atom stereocenters. The number of nitrogens with zero attached hydrogens (tertiary/aromatic N) is 1. The topological polar surface area (TPSA) is 3.24 Å². The van der Waals surface area contributed by atoms with Crippen molar-refractivity contribution in [3.05, 3.63) is 187 Å². The minimum absolute atomic E-state index is 0.0380. The van der Waals surface area contributed by atoms with Gasteiger partial charge in [-0.15, -0.1) is 11.3 Å². The number of benzene rings is 9. The van der Waals surface area contributed by atoms with Gasteiger partial charge in [-0.25, -0.2) is 0 Å². The lowest BCUT2D eigenvalue weighted by Gasteiger charge is -2.27. The largest absolute Gasteiger partial charge is 0.309 e. The first-order chi connectivity index (χ1) is 26.1. The summed E-state index contributed by atoms with van der Waals surface area (Å²) < 4.78 is 2.67. The van der Waals surface area contributed by atoms with Crippen LogP contribution in [0.5, 0.6) is 0 Å². The number of hydrogen-bond acceptors (Lipinski definition) is 2. The predicted octanol–water partition coefficient (Wildman–Crippen LogP) is 15.0. The Morgan fingerprint density at radius 3 is 1.68 bits per heavy atom. The summed E-state index contributed by atoms with van der Waals surface area (Å²) in [5.74, 6) is 0. The standard InChI is InChI=1S/C51H35NS/c1-51(2)45-21-11-10-19-43(45)48-46(51)30-29-42-41-20-12-22-47(49(41)53-50(42)48)52(34-25-23-33(24-26-34)32-13-4-3-5-14-32)35-27-28-40-38-17-7-6-15-36(38)37-16-8-9-18-39(37)44(40)31-35/h3-31H,1-2H3. The highest BCUT2D eigenvalue weighted by molar-refractivity contribution is 7.27. The summed E-state index contributed by atoms with van der Waals surface area (Å²) in [5, 5.41) is 10.3. The van der Waals surface area contributed by atoms with E-state index in [2.05, 4.69) is 195 Å². The molecule has 1 aromatic heterocycles. The van der Waals surface area contributed by atoms with Gasteiger partial charge in [-0.3, -0.25) is 0 Å². The van der Waals surface area contributed by atoms with Crippen LogP contribution >= 0.6 is 11.3 Å².